The Morgan fingerprint density at radius 1 is 0.645 bits per heavy atom. The molecule has 3 aromatic rings. The van der Waals surface area contributed by atoms with Crippen molar-refractivity contribution in [2.75, 3.05) is 19.8 Å². The van der Waals surface area contributed by atoms with Crippen molar-refractivity contribution in [1.82, 2.24) is 0 Å². The Kier molecular flexibility index (Phi) is 13.2. The van der Waals surface area contributed by atoms with Crippen molar-refractivity contribution in [3.05, 3.63) is 108 Å². The maximum atomic E-state index is 13.8. The van der Waals surface area contributed by atoms with Gasteiger partial charge in [-0.05, 0) is 99.0 Å². The molecule has 4 fully saturated rings. The summed E-state index contributed by atoms with van der Waals surface area (Å²) in [4.78, 5) is 40.5. The third-order valence-electron chi connectivity index (χ3n) is 10.2. The van der Waals surface area contributed by atoms with Crippen molar-refractivity contribution >= 4 is 36.1 Å². The van der Waals surface area contributed by atoms with Crippen LogP contribution in [0.1, 0.15) is 44.4 Å². The Hall–Kier alpha value is -5.63. The number of aliphatic hydroxyl groups is 1. The first kappa shape index (κ1) is 44.4. The highest BCUT2D eigenvalue weighted by molar-refractivity contribution is 5.89. The van der Waals surface area contributed by atoms with Gasteiger partial charge in [0.2, 0.25) is 5.79 Å². The first-order valence-corrected chi connectivity index (χ1v) is 19.8. The number of rotatable bonds is 10. The van der Waals surface area contributed by atoms with Gasteiger partial charge >= 0.3 is 17.9 Å². The highest BCUT2D eigenvalue weighted by Crippen LogP contribution is 2.44. The summed E-state index contributed by atoms with van der Waals surface area (Å²) in [6.45, 7) is 5.44. The van der Waals surface area contributed by atoms with Crippen molar-refractivity contribution in [3.63, 3.8) is 0 Å². The molecule has 17 heteroatoms. The number of benzene rings is 3. The molecule has 4 heterocycles. The number of hydrogen-bond acceptors (Lipinski definition) is 17. The number of carbonyl (C=O) groups is 3. The van der Waals surface area contributed by atoms with E-state index in [2.05, 4.69) is 0 Å². The molecule has 62 heavy (non-hydrogen) atoms. The molecule has 0 aliphatic carbocycles. The number of hydrogen-bond donors (Lipinski definition) is 4. The lowest BCUT2D eigenvalue weighted by Gasteiger charge is -2.53. The number of ether oxygens (including phenoxy) is 10. The summed E-state index contributed by atoms with van der Waals surface area (Å²) in [5.74, 6) is -7.34. The van der Waals surface area contributed by atoms with Gasteiger partial charge in [-0.15, -0.1) is 0 Å². The fraction of sp³-hybridized carbons (Fsp3) is 0.400. The van der Waals surface area contributed by atoms with E-state index < -0.39 is 97.5 Å². The monoisotopic (exact) mass is 860 g/mol. The zero-order chi connectivity index (χ0) is 44.2. The third kappa shape index (κ3) is 10.9. The summed E-state index contributed by atoms with van der Waals surface area (Å²) in [5.41, 5.74) is 1.67. The van der Waals surface area contributed by atoms with Gasteiger partial charge in [-0.3, -0.25) is 0 Å². The van der Waals surface area contributed by atoms with E-state index in [0.29, 0.717) is 16.7 Å². The number of fused-ring (bicyclic) bond motifs is 2. The summed E-state index contributed by atoms with van der Waals surface area (Å²) in [6, 6.07) is 18.1. The molecule has 0 amide bonds. The van der Waals surface area contributed by atoms with Crippen molar-refractivity contribution in [2.45, 2.75) is 94.1 Å². The fourth-order valence-corrected chi connectivity index (χ4v) is 7.18. The third-order valence-corrected chi connectivity index (χ3v) is 10.2. The average Bonchev–Trinajstić information content (AvgIpc) is 3.50. The Labute approximate surface area is 356 Å². The molecule has 3 aromatic carbocycles. The number of carbonyl (C=O) groups excluding carboxylic acids is 3. The second kappa shape index (κ2) is 18.4. The number of esters is 3. The van der Waals surface area contributed by atoms with Crippen molar-refractivity contribution < 1.29 is 82.2 Å². The van der Waals surface area contributed by atoms with E-state index in [1.807, 2.05) is 0 Å². The second-order valence-corrected chi connectivity index (χ2v) is 15.8. The van der Waals surface area contributed by atoms with Gasteiger partial charge in [0.1, 0.15) is 61.0 Å². The van der Waals surface area contributed by atoms with E-state index in [4.69, 9.17) is 47.4 Å². The summed E-state index contributed by atoms with van der Waals surface area (Å²) in [7, 11) is 0. The molecule has 17 nitrogen and oxygen atoms in total. The van der Waals surface area contributed by atoms with Gasteiger partial charge in [-0.1, -0.05) is 36.4 Å². The van der Waals surface area contributed by atoms with Gasteiger partial charge in [0.15, 0.2) is 30.1 Å². The van der Waals surface area contributed by atoms with Gasteiger partial charge in [-0.25, -0.2) is 14.4 Å². The van der Waals surface area contributed by atoms with Crippen molar-refractivity contribution in [3.8, 4) is 17.2 Å². The van der Waals surface area contributed by atoms with Gasteiger partial charge in [0, 0.05) is 18.2 Å². The maximum absolute atomic E-state index is 13.8. The van der Waals surface area contributed by atoms with Crippen LogP contribution in [0.3, 0.4) is 0 Å². The fourth-order valence-electron chi connectivity index (χ4n) is 7.18. The molecule has 0 saturated carbocycles. The Morgan fingerprint density at radius 2 is 1.13 bits per heavy atom. The molecule has 4 aliphatic rings. The lowest BCUT2D eigenvalue weighted by molar-refractivity contribution is -0.454. The highest BCUT2D eigenvalue weighted by Gasteiger charge is 2.65. The molecular formula is C45H48O17. The smallest absolute Gasteiger partial charge is 0.331 e. The average molecular weight is 861 g/mol. The normalized spacial score (nSPS) is 30.3. The summed E-state index contributed by atoms with van der Waals surface area (Å²) < 4.78 is 61.5. The van der Waals surface area contributed by atoms with Gasteiger partial charge in [0.05, 0.1) is 6.61 Å². The molecular weight excluding hydrogens is 812 g/mol. The van der Waals surface area contributed by atoms with Gasteiger partial charge in [0.25, 0.3) is 0 Å². The van der Waals surface area contributed by atoms with Crippen LogP contribution in [0, 0.1) is 0 Å². The number of phenols is 3. The SMILES string of the molecule is CC1(C)OC[C@@]2(O[C@H]3O[C@@H]4COC(C)(C)O[C@H]4[C@H](O)[C@H]3O1)O[C@H](COC(=O)/C=C/c1ccc(O)cc1)[C@@H](OC(=O)/C=C/c1ccc(O)cc1)[C@@H]2OC(=O)/C=C/c1ccc(O)cc1. The summed E-state index contributed by atoms with van der Waals surface area (Å²) >= 11 is 0. The van der Waals surface area contributed by atoms with E-state index >= 15 is 0 Å². The highest BCUT2D eigenvalue weighted by atomic mass is 16.9. The van der Waals surface area contributed by atoms with Crippen LogP contribution in [0.2, 0.25) is 0 Å². The standard InChI is InChI=1S/C45H48O17/c1-43(2)54-24-32-38(60-43)37(52)40-42(56-32)62-45(25-55-44(3,4)61-40)41(58-36(51)22-13-28-9-18-31(48)19-10-28)39(57-35(50)21-12-27-7-16-30(47)17-8-27)33(59-45)23-53-34(49)20-11-26-5-14-29(46)15-6-26/h5-22,32-33,37-42,46-48,52H,23-25H2,1-4H3/b20-11+,21-12+,22-13+/t32-,33-,37+,38-,39-,40-,41+,42-,45+/m1/s1. The lowest BCUT2D eigenvalue weighted by Crippen LogP contribution is -2.69. The molecule has 4 saturated heterocycles. The first-order chi connectivity index (χ1) is 29.5. The predicted octanol–water partition coefficient (Wildman–Crippen LogP) is 4.11. The van der Waals surface area contributed by atoms with E-state index in [0.717, 1.165) is 18.2 Å². The number of phenolic OH excluding ortho intramolecular Hbond substituents is 3. The minimum atomic E-state index is -2.20. The largest absolute Gasteiger partial charge is 0.508 e. The minimum Gasteiger partial charge on any atom is -0.508 e. The molecule has 1 spiro atoms. The number of aromatic hydroxyl groups is 3. The van der Waals surface area contributed by atoms with Crippen LogP contribution in [0.4, 0.5) is 0 Å². The van der Waals surface area contributed by atoms with E-state index in [1.54, 1.807) is 64.1 Å². The van der Waals surface area contributed by atoms with Crippen LogP contribution in [0.25, 0.3) is 18.2 Å². The quantitative estimate of drug-likeness (QED) is 0.128. The molecule has 0 radical (unpaired) electrons. The zero-order valence-electron chi connectivity index (χ0n) is 34.2. The summed E-state index contributed by atoms with van der Waals surface area (Å²) in [6.07, 6.45) is -2.84. The van der Waals surface area contributed by atoms with Gasteiger partial charge < -0.3 is 67.8 Å². The van der Waals surface area contributed by atoms with E-state index in [-0.39, 0.29) is 23.9 Å². The Bertz CT molecular complexity index is 2150. The van der Waals surface area contributed by atoms with Gasteiger partial charge in [-0.2, -0.15) is 0 Å². The Morgan fingerprint density at radius 3 is 1.68 bits per heavy atom. The molecule has 330 valence electrons. The van der Waals surface area contributed by atoms with Crippen LogP contribution in [0.15, 0.2) is 91.0 Å². The zero-order valence-corrected chi connectivity index (χ0v) is 34.2. The van der Waals surface area contributed by atoms with Crippen LogP contribution in [-0.4, -0.2) is 125 Å². The van der Waals surface area contributed by atoms with E-state index in [9.17, 15) is 34.8 Å². The maximum Gasteiger partial charge on any atom is 0.331 e. The predicted molar refractivity (Wildman–Crippen MR) is 215 cm³/mol. The topological polar surface area (TPSA) is 224 Å². The van der Waals surface area contributed by atoms with Crippen LogP contribution in [-0.2, 0) is 61.8 Å². The molecule has 4 N–H and O–H groups in total. The lowest BCUT2D eigenvalue weighted by atomic mass is 9.96. The van der Waals surface area contributed by atoms with Crippen LogP contribution >= 0.6 is 0 Å². The van der Waals surface area contributed by atoms with Crippen molar-refractivity contribution in [2.24, 2.45) is 0 Å². The molecule has 9 atom stereocenters. The van der Waals surface area contributed by atoms with Crippen LogP contribution < -0.4 is 0 Å². The summed E-state index contributed by atoms with van der Waals surface area (Å²) in [5, 5.41) is 40.8. The molecule has 0 aromatic heterocycles. The molecule has 4 aliphatic heterocycles. The second-order valence-electron chi connectivity index (χ2n) is 15.8. The molecule has 0 unspecified atom stereocenters. The molecule has 7 rings (SSSR count). The molecule has 0 bridgehead atoms. The van der Waals surface area contributed by atoms with E-state index in [1.165, 1.54) is 54.6 Å². The first-order valence-electron chi connectivity index (χ1n) is 19.8. The number of aliphatic hydroxyl groups excluding tert-OH is 1. The minimum absolute atomic E-state index is 0.000626. The Balaban J connectivity index is 1.24. The van der Waals surface area contributed by atoms with Crippen molar-refractivity contribution in [1.29, 1.82) is 0 Å². The van der Waals surface area contributed by atoms with Crippen LogP contribution in [0.5, 0.6) is 17.2 Å².